The van der Waals surface area contributed by atoms with Crippen molar-refractivity contribution in [2.75, 3.05) is 6.54 Å². The van der Waals surface area contributed by atoms with Crippen molar-refractivity contribution >= 4 is 18.0 Å². The van der Waals surface area contributed by atoms with Crippen LogP contribution in [0, 0.1) is 23.7 Å². The fraction of sp³-hybridized carbons (Fsp3) is 0.833. The van der Waals surface area contributed by atoms with E-state index in [2.05, 4.69) is 19.2 Å². The van der Waals surface area contributed by atoms with Gasteiger partial charge >= 0.3 is 18.0 Å². The molecule has 0 aliphatic heterocycles. The average Bonchev–Trinajstić information content (AvgIpc) is 2.55. The van der Waals surface area contributed by atoms with E-state index in [9.17, 15) is 14.4 Å². The minimum absolute atomic E-state index is 0.0236. The summed E-state index contributed by atoms with van der Waals surface area (Å²) < 4.78 is 10.3. The highest BCUT2D eigenvalue weighted by Crippen LogP contribution is 2.25. The first-order chi connectivity index (χ1) is 11.6. The fourth-order valence-electron chi connectivity index (χ4n) is 2.38. The second kappa shape index (κ2) is 11.7. The van der Waals surface area contributed by atoms with Crippen LogP contribution in [0.25, 0.3) is 0 Å². The lowest BCUT2D eigenvalue weighted by Gasteiger charge is -2.28. The van der Waals surface area contributed by atoms with Gasteiger partial charge in [0.2, 0.25) is 0 Å². The molecule has 2 N–H and O–H groups in total. The van der Waals surface area contributed by atoms with Gasteiger partial charge < -0.3 is 19.9 Å². The van der Waals surface area contributed by atoms with Crippen LogP contribution in [0.2, 0.25) is 0 Å². The summed E-state index contributed by atoms with van der Waals surface area (Å²) >= 11 is 0. The molecule has 0 unspecified atom stereocenters. The number of carbonyl (C=O) groups is 3. The van der Waals surface area contributed by atoms with Crippen molar-refractivity contribution < 1.29 is 29.0 Å². The molecule has 7 heteroatoms. The Labute approximate surface area is 150 Å². The van der Waals surface area contributed by atoms with E-state index >= 15 is 0 Å². The van der Waals surface area contributed by atoms with Crippen molar-refractivity contribution in [3.8, 4) is 0 Å². The molecule has 0 rings (SSSR count). The van der Waals surface area contributed by atoms with Gasteiger partial charge in [-0.1, -0.05) is 48.0 Å². The van der Waals surface area contributed by atoms with Gasteiger partial charge in [0, 0.05) is 18.9 Å². The number of hydrogen-bond acceptors (Lipinski definition) is 5. The van der Waals surface area contributed by atoms with Crippen LogP contribution in [0.4, 0.5) is 4.79 Å². The summed E-state index contributed by atoms with van der Waals surface area (Å²) in [6.45, 7) is 11.5. The van der Waals surface area contributed by atoms with Crippen LogP contribution in [0.1, 0.15) is 60.8 Å². The van der Waals surface area contributed by atoms with Crippen molar-refractivity contribution in [1.82, 2.24) is 5.32 Å². The number of rotatable bonds is 11. The first-order valence-electron chi connectivity index (χ1n) is 8.97. The molecule has 0 aromatic heterocycles. The first kappa shape index (κ1) is 23.2. The highest BCUT2D eigenvalue weighted by atomic mass is 16.7. The Morgan fingerprint density at radius 2 is 1.64 bits per heavy atom. The molecule has 0 heterocycles. The molecule has 0 aliphatic rings. The van der Waals surface area contributed by atoms with E-state index in [0.29, 0.717) is 5.92 Å². The van der Waals surface area contributed by atoms with Crippen molar-refractivity contribution in [3.05, 3.63) is 0 Å². The number of alkyl carbamates (subject to hydrolysis) is 1. The Bertz CT molecular complexity index is 437. The van der Waals surface area contributed by atoms with Crippen molar-refractivity contribution in [3.63, 3.8) is 0 Å². The molecule has 0 saturated heterocycles. The van der Waals surface area contributed by atoms with Crippen LogP contribution >= 0.6 is 0 Å². The third-order valence-corrected chi connectivity index (χ3v) is 4.53. The summed E-state index contributed by atoms with van der Waals surface area (Å²) in [5, 5.41) is 11.7. The zero-order valence-corrected chi connectivity index (χ0v) is 16.2. The topological polar surface area (TPSA) is 102 Å². The fourth-order valence-corrected chi connectivity index (χ4v) is 2.38. The minimum Gasteiger partial charge on any atom is -0.481 e. The number of nitrogens with one attached hydrogen (secondary N) is 1. The molecule has 7 nitrogen and oxygen atoms in total. The van der Waals surface area contributed by atoms with Gasteiger partial charge in [-0.2, -0.15) is 0 Å². The molecular weight excluding hydrogens is 326 g/mol. The monoisotopic (exact) mass is 359 g/mol. The van der Waals surface area contributed by atoms with Crippen LogP contribution in [0.15, 0.2) is 0 Å². The van der Waals surface area contributed by atoms with Crippen molar-refractivity contribution in [2.24, 2.45) is 23.7 Å². The smallest absolute Gasteiger partial charge is 0.410 e. The lowest BCUT2D eigenvalue weighted by molar-refractivity contribution is -0.174. The molecule has 0 bridgehead atoms. The van der Waals surface area contributed by atoms with E-state index in [4.69, 9.17) is 14.6 Å². The van der Waals surface area contributed by atoms with Crippen LogP contribution in [0.5, 0.6) is 0 Å². The zero-order valence-electron chi connectivity index (χ0n) is 16.2. The molecule has 146 valence electrons. The van der Waals surface area contributed by atoms with Crippen molar-refractivity contribution in [1.29, 1.82) is 0 Å². The number of hydrogen-bond donors (Lipinski definition) is 2. The predicted octanol–water partition coefficient (Wildman–Crippen LogP) is 3.42. The van der Waals surface area contributed by atoms with Gasteiger partial charge in [-0.3, -0.25) is 9.59 Å². The summed E-state index contributed by atoms with van der Waals surface area (Å²) in [4.78, 5) is 34.5. The maximum Gasteiger partial charge on any atom is 0.410 e. The third kappa shape index (κ3) is 9.31. The molecule has 0 fully saturated rings. The van der Waals surface area contributed by atoms with Gasteiger partial charge in [0.25, 0.3) is 6.29 Å². The molecule has 0 aromatic rings. The molecule has 4 atom stereocenters. The molecule has 0 aromatic carbocycles. The lowest BCUT2D eigenvalue weighted by Crippen LogP contribution is -2.38. The summed E-state index contributed by atoms with van der Waals surface area (Å²) in [6.07, 6.45) is -0.568. The highest BCUT2D eigenvalue weighted by molar-refractivity contribution is 5.70. The van der Waals surface area contributed by atoms with E-state index in [0.717, 1.165) is 6.42 Å². The second-order valence-electron chi connectivity index (χ2n) is 6.84. The summed E-state index contributed by atoms with van der Waals surface area (Å²) in [5.41, 5.74) is 0. The SMILES string of the molecule is CCC(=O)O[C@H](OC(=O)NC[C@H](CC(=O)O)[C@H](C)[C@H](C)CC)C(C)C. The van der Waals surface area contributed by atoms with Crippen LogP contribution in [-0.2, 0) is 19.1 Å². The van der Waals surface area contributed by atoms with Crippen LogP contribution in [0.3, 0.4) is 0 Å². The molecule has 0 saturated carbocycles. The van der Waals surface area contributed by atoms with Gasteiger partial charge in [0.15, 0.2) is 0 Å². The first-order valence-corrected chi connectivity index (χ1v) is 8.97. The highest BCUT2D eigenvalue weighted by Gasteiger charge is 2.26. The Kier molecular flexibility index (Phi) is 10.9. The Morgan fingerprint density at radius 1 is 1.04 bits per heavy atom. The quantitative estimate of drug-likeness (QED) is 0.433. The number of carbonyl (C=O) groups excluding carboxylic acids is 2. The van der Waals surface area contributed by atoms with E-state index in [1.165, 1.54) is 0 Å². The van der Waals surface area contributed by atoms with Crippen LogP contribution in [-0.4, -0.2) is 36.0 Å². The molecule has 25 heavy (non-hydrogen) atoms. The number of carboxylic acid groups (broad SMARTS) is 1. The maximum atomic E-state index is 12.0. The number of carboxylic acids is 1. The summed E-state index contributed by atoms with van der Waals surface area (Å²) in [5.74, 6) is -1.24. The number of amides is 1. The maximum absolute atomic E-state index is 12.0. The van der Waals surface area contributed by atoms with Crippen molar-refractivity contribution in [2.45, 2.75) is 67.1 Å². The van der Waals surface area contributed by atoms with Gasteiger partial charge in [-0.15, -0.1) is 0 Å². The largest absolute Gasteiger partial charge is 0.481 e. The van der Waals surface area contributed by atoms with Gasteiger partial charge in [0.05, 0.1) is 6.42 Å². The average molecular weight is 359 g/mol. The van der Waals surface area contributed by atoms with E-state index in [1.54, 1.807) is 20.8 Å². The van der Waals surface area contributed by atoms with E-state index in [1.807, 2.05) is 6.92 Å². The standard InChI is InChI=1S/C18H33NO6/c1-7-12(5)13(6)14(9-15(20)21)10-19-18(23)25-17(11(3)4)24-16(22)8-2/h11-14,17H,7-10H2,1-6H3,(H,19,23)(H,20,21)/t12-,13-,14+,17-/m1/s1. The number of esters is 1. The van der Waals surface area contributed by atoms with E-state index in [-0.39, 0.29) is 37.1 Å². The van der Waals surface area contributed by atoms with Gasteiger partial charge in [-0.05, 0) is 17.8 Å². The van der Waals surface area contributed by atoms with E-state index < -0.39 is 24.3 Å². The Hall–Kier alpha value is -1.79. The third-order valence-electron chi connectivity index (χ3n) is 4.53. The molecule has 1 amide bonds. The zero-order chi connectivity index (χ0) is 19.6. The van der Waals surface area contributed by atoms with Gasteiger partial charge in [0.1, 0.15) is 0 Å². The number of aliphatic carboxylic acids is 1. The predicted molar refractivity (Wildman–Crippen MR) is 93.9 cm³/mol. The second-order valence-corrected chi connectivity index (χ2v) is 6.84. The van der Waals surface area contributed by atoms with Gasteiger partial charge in [-0.25, -0.2) is 4.79 Å². The summed E-state index contributed by atoms with van der Waals surface area (Å²) in [7, 11) is 0. The normalized spacial score (nSPS) is 15.8. The molecule has 0 radical (unpaired) electrons. The lowest BCUT2D eigenvalue weighted by atomic mass is 9.81. The molecule has 0 spiro atoms. The molecular formula is C18H33NO6. The summed E-state index contributed by atoms with van der Waals surface area (Å²) in [6, 6.07) is 0. The Balaban J connectivity index is 4.71. The molecule has 0 aliphatic carbocycles. The Morgan fingerprint density at radius 3 is 2.08 bits per heavy atom. The number of ether oxygens (including phenoxy) is 2. The minimum atomic E-state index is -0.961. The van der Waals surface area contributed by atoms with Crippen LogP contribution < -0.4 is 5.32 Å².